The van der Waals surface area contributed by atoms with Crippen LogP contribution in [0.5, 0.6) is 23.0 Å². The van der Waals surface area contributed by atoms with Gasteiger partial charge in [-0.2, -0.15) is 0 Å². The van der Waals surface area contributed by atoms with Crippen molar-refractivity contribution < 1.29 is 15.7 Å². The third-order valence-electron chi connectivity index (χ3n) is 8.75. The zero-order valence-electron chi connectivity index (χ0n) is 24.1. The molecule has 0 radical (unpaired) electrons. The molecule has 0 fully saturated rings. The van der Waals surface area contributed by atoms with Crippen LogP contribution in [0.15, 0.2) is 146 Å². The second-order valence-electron chi connectivity index (χ2n) is 11.3. The summed E-state index contributed by atoms with van der Waals surface area (Å²) in [5, 5.41) is 19.8. The fourth-order valence-electron chi connectivity index (χ4n) is 6.73. The fourth-order valence-corrected chi connectivity index (χ4v) is 9.57. The van der Waals surface area contributed by atoms with Gasteiger partial charge in [-0.1, -0.05) is 0 Å². The van der Waals surface area contributed by atoms with Crippen molar-refractivity contribution in [3.05, 3.63) is 146 Å². The molecule has 0 saturated carbocycles. The predicted molar refractivity (Wildman–Crippen MR) is 183 cm³/mol. The molecule has 5 heteroatoms. The van der Waals surface area contributed by atoms with Gasteiger partial charge in [0.05, 0.1) is 0 Å². The van der Waals surface area contributed by atoms with E-state index < -0.39 is 17.3 Å². The molecule has 8 aromatic carbocycles. The van der Waals surface area contributed by atoms with Gasteiger partial charge in [0.15, 0.2) is 0 Å². The second-order valence-corrected chi connectivity index (χ2v) is 14.0. The predicted octanol–water partition coefficient (Wildman–Crippen LogP) is 10.2. The van der Waals surface area contributed by atoms with E-state index in [1.165, 1.54) is 0 Å². The monoisotopic (exact) mass is 638 g/mol. The molecule has 1 N–H and O–H groups in total. The maximum atomic E-state index is 11.4. The van der Waals surface area contributed by atoms with Crippen LogP contribution >= 0.6 is 0 Å². The molecule has 8 aromatic rings. The standard InChI is InChI=1S/2C20H14O2.Ga/c2*21-17-11-9-13-5-1-3-7-15(13)19(17)20-16-8-4-2-6-14(16)10-12-18(20)22;/h2*1-12,21-22H;/q;;+3/p-3. The Hall–Kier alpha value is -5.36. The summed E-state index contributed by atoms with van der Waals surface area (Å²) in [7, 11) is 0. The number of aromatic hydroxyl groups is 1. The number of hydrogen-bond acceptors (Lipinski definition) is 4. The van der Waals surface area contributed by atoms with Crippen LogP contribution in [-0.4, -0.2) is 22.4 Å². The summed E-state index contributed by atoms with van der Waals surface area (Å²) in [5.41, 5.74) is 3.58. The molecule has 9 rings (SSSR count). The molecule has 0 amide bonds. The van der Waals surface area contributed by atoms with E-state index in [2.05, 4.69) is 84.9 Å². The zero-order valence-corrected chi connectivity index (χ0v) is 26.5. The van der Waals surface area contributed by atoms with Crippen LogP contribution in [0.4, 0.5) is 0 Å². The Morgan fingerprint density at radius 3 is 1.31 bits per heavy atom. The third-order valence-corrected chi connectivity index (χ3v) is 11.6. The Morgan fingerprint density at radius 1 is 0.400 bits per heavy atom. The van der Waals surface area contributed by atoms with Gasteiger partial charge in [0, 0.05) is 0 Å². The Kier molecular flexibility index (Phi) is 6.01. The summed E-state index contributed by atoms with van der Waals surface area (Å²) in [6, 6.07) is 49.1. The van der Waals surface area contributed by atoms with Gasteiger partial charge in [0.1, 0.15) is 0 Å². The number of phenolic OH excluding ortho intramolecular Hbond substituents is 1. The van der Waals surface area contributed by atoms with E-state index >= 15 is 0 Å². The van der Waals surface area contributed by atoms with E-state index in [1.54, 1.807) is 6.07 Å². The van der Waals surface area contributed by atoms with Crippen LogP contribution in [0.1, 0.15) is 0 Å². The molecule has 45 heavy (non-hydrogen) atoms. The van der Waals surface area contributed by atoms with Gasteiger partial charge in [-0.05, 0) is 0 Å². The van der Waals surface area contributed by atoms with Gasteiger partial charge in [-0.15, -0.1) is 0 Å². The summed E-state index contributed by atoms with van der Waals surface area (Å²) >= 11 is -3.56. The van der Waals surface area contributed by atoms with Crippen LogP contribution in [0, 0.1) is 0 Å². The Labute approximate surface area is 265 Å². The van der Waals surface area contributed by atoms with Gasteiger partial charge in [0.2, 0.25) is 0 Å². The Balaban J connectivity index is 1.26. The van der Waals surface area contributed by atoms with Gasteiger partial charge in [0.25, 0.3) is 0 Å². The van der Waals surface area contributed by atoms with Crippen molar-refractivity contribution in [2.45, 2.75) is 0 Å². The molecule has 212 valence electrons. The first kappa shape index (κ1) is 26.1. The van der Waals surface area contributed by atoms with Crippen LogP contribution in [0.25, 0.3) is 65.3 Å². The minimum absolute atomic E-state index is 0.193. The maximum absolute atomic E-state index is 11.4. The van der Waals surface area contributed by atoms with Crippen molar-refractivity contribution in [2.24, 2.45) is 0 Å². The molecule has 0 saturated heterocycles. The van der Waals surface area contributed by atoms with E-state index in [0.29, 0.717) is 5.75 Å². The van der Waals surface area contributed by atoms with Gasteiger partial charge < -0.3 is 0 Å². The van der Waals surface area contributed by atoms with Crippen LogP contribution < -0.4 is 10.6 Å². The van der Waals surface area contributed by atoms with Crippen molar-refractivity contribution in [3.8, 4) is 45.3 Å². The average Bonchev–Trinajstić information content (AvgIpc) is 3.25. The number of hydrogen-bond donors (Lipinski definition) is 1. The van der Waals surface area contributed by atoms with Crippen molar-refractivity contribution in [1.82, 2.24) is 0 Å². The fraction of sp³-hybridized carbons (Fsp3) is 0. The molecule has 1 heterocycles. The summed E-state index contributed by atoms with van der Waals surface area (Å²) in [6.07, 6.45) is 0. The van der Waals surface area contributed by atoms with Gasteiger partial charge >= 0.3 is 267 Å². The van der Waals surface area contributed by atoms with Crippen molar-refractivity contribution in [1.29, 1.82) is 0 Å². The van der Waals surface area contributed by atoms with Gasteiger partial charge in [-0.25, -0.2) is 0 Å². The summed E-state index contributed by atoms with van der Waals surface area (Å²) in [5.74, 6) is 2.32. The molecule has 0 aliphatic carbocycles. The second kappa shape index (κ2) is 10.4. The molecule has 0 unspecified atom stereocenters. The topological polar surface area (TPSA) is 47.9 Å². The van der Waals surface area contributed by atoms with E-state index in [0.717, 1.165) is 76.8 Å². The molecule has 1 aliphatic heterocycles. The first-order valence-electron chi connectivity index (χ1n) is 15.0. The van der Waals surface area contributed by atoms with Crippen molar-refractivity contribution >= 4 is 60.4 Å². The number of phenols is 1. The minimum atomic E-state index is -3.56. The molecule has 1 aliphatic rings. The van der Waals surface area contributed by atoms with Crippen LogP contribution in [0.3, 0.4) is 0 Å². The quantitative estimate of drug-likeness (QED) is 0.196. The summed E-state index contributed by atoms with van der Waals surface area (Å²) < 4.78 is 20.5. The SMILES string of the molecule is Oc1ccc2ccccc2c1-c1c([O][Ga]2[O]c3ccc4ccccc4c3-c3c(ccc4ccccc34)[O]2)ccc2ccccc12. The van der Waals surface area contributed by atoms with E-state index in [-0.39, 0.29) is 5.75 Å². The normalized spacial score (nSPS) is 12.4. The van der Waals surface area contributed by atoms with Crippen molar-refractivity contribution in [2.75, 3.05) is 0 Å². The average molecular weight is 639 g/mol. The van der Waals surface area contributed by atoms with E-state index in [4.69, 9.17) is 10.6 Å². The van der Waals surface area contributed by atoms with Crippen molar-refractivity contribution in [3.63, 3.8) is 0 Å². The summed E-state index contributed by atoms with van der Waals surface area (Å²) in [6.45, 7) is 0. The molecular weight excluding hydrogens is 614 g/mol. The van der Waals surface area contributed by atoms with E-state index in [9.17, 15) is 5.11 Å². The molecule has 0 spiro atoms. The molecule has 0 atom stereocenters. The van der Waals surface area contributed by atoms with Crippen LogP contribution in [-0.2, 0) is 0 Å². The number of rotatable bonds is 3. The molecular formula is C40H25GaO4. The molecule has 0 bridgehead atoms. The molecule has 0 aromatic heterocycles. The van der Waals surface area contributed by atoms with Crippen LogP contribution in [0.2, 0.25) is 0 Å². The van der Waals surface area contributed by atoms with E-state index in [1.807, 2.05) is 54.6 Å². The zero-order chi connectivity index (χ0) is 29.9. The number of fused-ring (bicyclic) bond motifs is 9. The first-order chi connectivity index (χ1) is 22.2. The molecule has 4 nitrogen and oxygen atoms in total. The van der Waals surface area contributed by atoms with Gasteiger partial charge in [-0.3, -0.25) is 0 Å². The summed E-state index contributed by atoms with van der Waals surface area (Å²) in [4.78, 5) is 0. The number of benzene rings is 8. The first-order valence-corrected chi connectivity index (χ1v) is 18.0. The third kappa shape index (κ3) is 4.24. The Morgan fingerprint density at radius 2 is 0.800 bits per heavy atom. The Bertz CT molecular complexity index is 2360.